The Hall–Kier alpha value is -2.10. The summed E-state index contributed by atoms with van der Waals surface area (Å²) in [6.07, 6.45) is 0. The molecule has 0 aromatic heterocycles. The molecule has 0 radical (unpaired) electrons. The van der Waals surface area contributed by atoms with E-state index in [2.05, 4.69) is 4.72 Å². The molecular weight excluding hydrogens is 315 g/mol. The van der Waals surface area contributed by atoms with Gasteiger partial charge in [-0.1, -0.05) is 11.6 Å². The fourth-order valence-corrected chi connectivity index (χ4v) is 3.02. The van der Waals surface area contributed by atoms with Gasteiger partial charge in [0.25, 0.3) is 10.0 Å². The van der Waals surface area contributed by atoms with Crippen molar-refractivity contribution in [3.05, 3.63) is 58.4 Å². The Balaban J connectivity index is 2.39. The molecule has 2 rings (SSSR count). The van der Waals surface area contributed by atoms with Crippen LogP contribution in [0.15, 0.2) is 41.3 Å². The summed E-state index contributed by atoms with van der Waals surface area (Å²) >= 11 is 5.61. The maximum Gasteiger partial charge on any atom is 0.261 e. The van der Waals surface area contributed by atoms with Gasteiger partial charge in [-0.2, -0.15) is 5.26 Å². The van der Waals surface area contributed by atoms with E-state index >= 15 is 0 Å². The molecule has 21 heavy (non-hydrogen) atoms. The monoisotopic (exact) mass is 324 g/mol. The van der Waals surface area contributed by atoms with E-state index in [4.69, 9.17) is 16.9 Å². The van der Waals surface area contributed by atoms with E-state index in [0.717, 1.165) is 6.07 Å². The number of nitrogens with one attached hydrogen (secondary N) is 1. The topological polar surface area (TPSA) is 70.0 Å². The zero-order valence-corrected chi connectivity index (χ0v) is 12.5. The number of rotatable bonds is 3. The second-order valence-corrected chi connectivity index (χ2v) is 6.44. The predicted molar refractivity (Wildman–Crippen MR) is 78.1 cm³/mol. The molecule has 1 N–H and O–H groups in total. The molecule has 0 atom stereocenters. The minimum atomic E-state index is -3.94. The molecule has 7 heteroatoms. The summed E-state index contributed by atoms with van der Waals surface area (Å²) in [6.45, 7) is 1.63. The van der Waals surface area contributed by atoms with Gasteiger partial charge in [-0.15, -0.1) is 0 Å². The van der Waals surface area contributed by atoms with Gasteiger partial charge in [0.15, 0.2) is 0 Å². The molecule has 0 aliphatic rings. The minimum absolute atomic E-state index is 0.0478. The van der Waals surface area contributed by atoms with Crippen molar-refractivity contribution in [2.24, 2.45) is 0 Å². The molecular formula is C14H10ClFN2O2S. The maximum absolute atomic E-state index is 13.6. The number of nitrogens with zero attached hydrogens (tertiary/aromatic N) is 1. The largest absolute Gasteiger partial charge is 0.277 e. The van der Waals surface area contributed by atoms with Gasteiger partial charge in [0.1, 0.15) is 5.82 Å². The van der Waals surface area contributed by atoms with Crippen LogP contribution in [-0.2, 0) is 10.0 Å². The van der Waals surface area contributed by atoms with E-state index in [1.807, 2.05) is 6.07 Å². The van der Waals surface area contributed by atoms with Gasteiger partial charge in [0.05, 0.1) is 22.2 Å². The van der Waals surface area contributed by atoms with E-state index in [-0.39, 0.29) is 15.6 Å². The first-order valence-electron chi connectivity index (χ1n) is 5.82. The van der Waals surface area contributed by atoms with Crippen LogP contribution in [0.4, 0.5) is 10.1 Å². The van der Waals surface area contributed by atoms with Crippen LogP contribution < -0.4 is 4.72 Å². The molecule has 2 aromatic rings. The van der Waals surface area contributed by atoms with Crippen molar-refractivity contribution in [2.45, 2.75) is 11.8 Å². The number of hydrogen-bond donors (Lipinski definition) is 1. The number of nitriles is 1. The van der Waals surface area contributed by atoms with Gasteiger partial charge in [-0.25, -0.2) is 12.8 Å². The summed E-state index contributed by atoms with van der Waals surface area (Å²) in [5.41, 5.74) is 0.713. The van der Waals surface area contributed by atoms with Crippen molar-refractivity contribution in [1.29, 1.82) is 5.26 Å². The van der Waals surface area contributed by atoms with Crippen molar-refractivity contribution < 1.29 is 12.8 Å². The maximum atomic E-state index is 13.6. The van der Waals surface area contributed by atoms with Crippen LogP contribution in [0.3, 0.4) is 0 Å². The zero-order chi connectivity index (χ0) is 15.6. The molecule has 0 spiro atoms. The Morgan fingerprint density at radius 3 is 2.52 bits per heavy atom. The van der Waals surface area contributed by atoms with Crippen LogP contribution in [-0.4, -0.2) is 8.42 Å². The Bertz CT molecular complexity index is 845. The summed E-state index contributed by atoms with van der Waals surface area (Å²) in [6, 6.07) is 9.64. The number of benzene rings is 2. The zero-order valence-electron chi connectivity index (χ0n) is 10.9. The molecule has 0 saturated carbocycles. The highest BCUT2D eigenvalue weighted by Crippen LogP contribution is 2.23. The number of sulfonamides is 1. The molecule has 2 aromatic carbocycles. The van der Waals surface area contributed by atoms with Gasteiger partial charge >= 0.3 is 0 Å². The molecule has 0 amide bonds. The van der Waals surface area contributed by atoms with Gasteiger partial charge in [0, 0.05) is 5.02 Å². The van der Waals surface area contributed by atoms with Gasteiger partial charge < -0.3 is 0 Å². The van der Waals surface area contributed by atoms with Crippen LogP contribution >= 0.6 is 11.6 Å². The molecule has 0 unspecified atom stereocenters. The number of hydrogen-bond acceptors (Lipinski definition) is 3. The van der Waals surface area contributed by atoms with Gasteiger partial charge in [0.2, 0.25) is 0 Å². The Morgan fingerprint density at radius 1 is 1.24 bits per heavy atom. The quantitative estimate of drug-likeness (QED) is 0.940. The average Bonchev–Trinajstić information content (AvgIpc) is 2.42. The van der Waals surface area contributed by atoms with E-state index in [1.165, 1.54) is 30.3 Å². The minimum Gasteiger partial charge on any atom is -0.277 e. The van der Waals surface area contributed by atoms with Crippen molar-refractivity contribution in [3.8, 4) is 6.07 Å². The fourth-order valence-electron chi connectivity index (χ4n) is 1.70. The van der Waals surface area contributed by atoms with E-state index in [0.29, 0.717) is 11.1 Å². The molecule has 0 fully saturated rings. The predicted octanol–water partition coefficient (Wildman–Crippen LogP) is 3.46. The number of anilines is 1. The third-order valence-electron chi connectivity index (χ3n) is 2.80. The van der Waals surface area contributed by atoms with E-state index in [1.54, 1.807) is 6.92 Å². The normalized spacial score (nSPS) is 11.0. The summed E-state index contributed by atoms with van der Waals surface area (Å²) in [7, 11) is -3.94. The molecule has 0 aliphatic carbocycles. The summed E-state index contributed by atoms with van der Waals surface area (Å²) in [4.78, 5) is -0.0478. The van der Waals surface area contributed by atoms with Gasteiger partial charge in [-0.3, -0.25) is 4.72 Å². The van der Waals surface area contributed by atoms with E-state index < -0.39 is 15.8 Å². The van der Waals surface area contributed by atoms with Crippen molar-refractivity contribution >= 4 is 27.3 Å². The first-order valence-corrected chi connectivity index (χ1v) is 7.68. The number of aryl methyl sites for hydroxylation is 1. The Labute approximate surface area is 126 Å². The second-order valence-electron chi connectivity index (χ2n) is 4.32. The van der Waals surface area contributed by atoms with Crippen molar-refractivity contribution in [3.63, 3.8) is 0 Å². The number of halogens is 2. The Kier molecular flexibility index (Phi) is 4.16. The Morgan fingerprint density at radius 2 is 1.95 bits per heavy atom. The third kappa shape index (κ3) is 3.32. The lowest BCUT2D eigenvalue weighted by atomic mass is 10.1. The average molecular weight is 325 g/mol. The summed E-state index contributed by atoms with van der Waals surface area (Å²) < 4.78 is 40.2. The van der Waals surface area contributed by atoms with E-state index in [9.17, 15) is 12.8 Å². The molecule has 0 bridgehead atoms. The lowest BCUT2D eigenvalue weighted by Gasteiger charge is -2.10. The van der Waals surface area contributed by atoms with Gasteiger partial charge in [-0.05, 0) is 48.9 Å². The fraction of sp³-hybridized carbons (Fsp3) is 0.0714. The third-order valence-corrected chi connectivity index (χ3v) is 4.40. The highest BCUT2D eigenvalue weighted by atomic mass is 35.5. The van der Waals surface area contributed by atoms with Crippen LogP contribution in [0.2, 0.25) is 5.02 Å². The molecule has 0 saturated heterocycles. The first-order chi connectivity index (χ1) is 9.83. The molecule has 0 heterocycles. The second kappa shape index (κ2) is 5.72. The highest BCUT2D eigenvalue weighted by molar-refractivity contribution is 7.92. The highest BCUT2D eigenvalue weighted by Gasteiger charge is 2.17. The molecule has 0 aliphatic heterocycles. The van der Waals surface area contributed by atoms with Crippen LogP contribution in [0.25, 0.3) is 0 Å². The summed E-state index contributed by atoms with van der Waals surface area (Å²) in [5.74, 6) is -0.767. The van der Waals surface area contributed by atoms with Crippen molar-refractivity contribution in [1.82, 2.24) is 0 Å². The lowest BCUT2D eigenvalue weighted by Crippen LogP contribution is -2.14. The lowest BCUT2D eigenvalue weighted by molar-refractivity contribution is 0.598. The molecule has 4 nitrogen and oxygen atoms in total. The SMILES string of the molecule is Cc1cc(S(=O)(=O)Nc2ccc(Cl)cc2F)ccc1C#N. The first kappa shape index (κ1) is 15.3. The van der Waals surface area contributed by atoms with Crippen LogP contribution in [0.5, 0.6) is 0 Å². The van der Waals surface area contributed by atoms with Crippen molar-refractivity contribution in [2.75, 3.05) is 4.72 Å². The smallest absolute Gasteiger partial charge is 0.261 e. The molecule has 108 valence electrons. The van der Waals surface area contributed by atoms with Crippen LogP contribution in [0.1, 0.15) is 11.1 Å². The summed E-state index contributed by atoms with van der Waals surface area (Å²) in [5, 5.41) is 9.00. The van der Waals surface area contributed by atoms with Crippen LogP contribution in [0, 0.1) is 24.1 Å². The standard InChI is InChI=1S/C14H10ClFN2O2S/c1-9-6-12(4-2-10(9)8-17)21(19,20)18-14-5-3-11(15)7-13(14)16/h2-7,18H,1H3.